The van der Waals surface area contributed by atoms with Crippen LogP contribution < -0.4 is 5.32 Å². The number of likely N-dealkylation sites (tertiary alicyclic amines) is 2. The molecule has 1 spiro atoms. The van der Waals surface area contributed by atoms with Crippen LogP contribution in [-0.4, -0.2) is 76.2 Å². The lowest BCUT2D eigenvalue weighted by Crippen LogP contribution is -2.56. The van der Waals surface area contributed by atoms with E-state index in [-0.39, 0.29) is 30.2 Å². The van der Waals surface area contributed by atoms with Gasteiger partial charge in [-0.05, 0) is 50.9 Å². The maximum atomic E-state index is 13.1. The highest BCUT2D eigenvalue weighted by atomic mass is 16.2. The fourth-order valence-corrected chi connectivity index (χ4v) is 5.50. The Kier molecular flexibility index (Phi) is 5.53. The molecule has 8 heteroatoms. The molecule has 29 heavy (non-hydrogen) atoms. The van der Waals surface area contributed by atoms with Crippen LogP contribution in [0.25, 0.3) is 0 Å². The number of imide groups is 1. The lowest BCUT2D eigenvalue weighted by molar-refractivity contribution is -0.149. The molecule has 0 bridgehead atoms. The summed E-state index contributed by atoms with van der Waals surface area (Å²) in [6.07, 6.45) is 7.91. The van der Waals surface area contributed by atoms with Gasteiger partial charge in [0.1, 0.15) is 18.1 Å². The van der Waals surface area contributed by atoms with Gasteiger partial charge in [-0.15, -0.1) is 0 Å². The van der Waals surface area contributed by atoms with E-state index in [1.165, 1.54) is 0 Å². The molecule has 0 aromatic rings. The number of nitrogens with zero attached hydrogens (tertiary/aromatic N) is 3. The van der Waals surface area contributed by atoms with E-state index in [1.807, 2.05) is 11.8 Å². The third kappa shape index (κ3) is 3.51. The monoisotopic (exact) mass is 404 g/mol. The zero-order valence-corrected chi connectivity index (χ0v) is 17.3. The van der Waals surface area contributed by atoms with Crippen molar-refractivity contribution in [3.05, 3.63) is 0 Å². The average Bonchev–Trinajstić information content (AvgIpc) is 3.34. The average molecular weight is 405 g/mol. The minimum Gasteiger partial charge on any atom is -0.341 e. The van der Waals surface area contributed by atoms with Gasteiger partial charge in [0.05, 0.1) is 0 Å². The molecule has 1 aliphatic carbocycles. The van der Waals surface area contributed by atoms with Gasteiger partial charge >= 0.3 is 6.03 Å². The molecule has 5 amide bonds. The number of rotatable bonds is 3. The second-order valence-corrected chi connectivity index (χ2v) is 9.07. The van der Waals surface area contributed by atoms with Crippen molar-refractivity contribution in [3.8, 4) is 0 Å². The number of carbonyl (C=O) groups excluding carboxylic acids is 4. The van der Waals surface area contributed by atoms with Crippen LogP contribution in [0.2, 0.25) is 0 Å². The van der Waals surface area contributed by atoms with E-state index in [0.717, 1.165) is 62.9 Å². The molecule has 3 saturated heterocycles. The van der Waals surface area contributed by atoms with Crippen LogP contribution in [-0.2, 0) is 14.4 Å². The molecule has 1 N–H and O–H groups in total. The molecule has 4 rings (SSSR count). The van der Waals surface area contributed by atoms with Gasteiger partial charge in [-0.3, -0.25) is 19.3 Å². The largest absolute Gasteiger partial charge is 0.341 e. The third-order valence-corrected chi connectivity index (χ3v) is 7.32. The maximum Gasteiger partial charge on any atom is 0.325 e. The molecule has 3 unspecified atom stereocenters. The molecule has 3 atom stereocenters. The molecule has 0 aromatic heterocycles. The maximum absolute atomic E-state index is 13.1. The van der Waals surface area contributed by atoms with Gasteiger partial charge in [-0.25, -0.2) is 4.79 Å². The Labute approximate surface area is 171 Å². The van der Waals surface area contributed by atoms with Crippen molar-refractivity contribution in [2.75, 3.05) is 26.2 Å². The van der Waals surface area contributed by atoms with Crippen LogP contribution in [0.1, 0.15) is 64.7 Å². The highest BCUT2D eigenvalue weighted by molar-refractivity contribution is 6.09. The van der Waals surface area contributed by atoms with E-state index in [2.05, 4.69) is 5.32 Å². The van der Waals surface area contributed by atoms with Crippen molar-refractivity contribution in [2.24, 2.45) is 5.92 Å². The number of carbonyl (C=O) groups is 4. The van der Waals surface area contributed by atoms with Crippen LogP contribution in [0.15, 0.2) is 0 Å². The summed E-state index contributed by atoms with van der Waals surface area (Å²) in [5, 5.41) is 2.90. The summed E-state index contributed by atoms with van der Waals surface area (Å²) in [6, 6.07) is -0.936. The van der Waals surface area contributed by atoms with E-state index in [0.29, 0.717) is 19.4 Å². The lowest BCUT2D eigenvalue weighted by atomic mass is 9.73. The van der Waals surface area contributed by atoms with Gasteiger partial charge in [0.15, 0.2) is 0 Å². The summed E-state index contributed by atoms with van der Waals surface area (Å²) in [5.41, 5.74) is -0.859. The Balaban J connectivity index is 1.46. The Hall–Kier alpha value is -2.12. The molecule has 0 aromatic carbocycles. The quantitative estimate of drug-likeness (QED) is 0.722. The normalized spacial score (nSPS) is 32.8. The Morgan fingerprint density at radius 1 is 1.00 bits per heavy atom. The van der Waals surface area contributed by atoms with Gasteiger partial charge in [0.25, 0.3) is 5.91 Å². The fraction of sp³-hybridized carbons (Fsp3) is 0.810. The molecule has 0 radical (unpaired) electrons. The number of urea groups is 1. The second kappa shape index (κ2) is 7.95. The van der Waals surface area contributed by atoms with Gasteiger partial charge in [0.2, 0.25) is 11.8 Å². The predicted octanol–water partition coefficient (Wildman–Crippen LogP) is 1.49. The standard InChI is InChI=1S/C21H32N4O4/c1-15-8-2-4-10-21(15)19(28)25(20(29)22-21)14-17(26)24-13-5-3-9-16(24)18(27)23-11-6-7-12-23/h15-16H,2-14H2,1H3,(H,22,29). The number of piperidine rings is 1. The van der Waals surface area contributed by atoms with Crippen molar-refractivity contribution in [1.29, 1.82) is 0 Å². The first-order valence-corrected chi connectivity index (χ1v) is 11.2. The van der Waals surface area contributed by atoms with Crippen LogP contribution in [0.5, 0.6) is 0 Å². The van der Waals surface area contributed by atoms with E-state index >= 15 is 0 Å². The van der Waals surface area contributed by atoms with Crippen molar-refractivity contribution >= 4 is 23.8 Å². The second-order valence-electron chi connectivity index (χ2n) is 9.07. The third-order valence-electron chi connectivity index (χ3n) is 7.32. The van der Waals surface area contributed by atoms with Gasteiger partial charge in [-0.1, -0.05) is 19.8 Å². The summed E-state index contributed by atoms with van der Waals surface area (Å²) in [7, 11) is 0. The summed E-state index contributed by atoms with van der Waals surface area (Å²) < 4.78 is 0. The summed E-state index contributed by atoms with van der Waals surface area (Å²) in [5.74, 6) is -0.494. The van der Waals surface area contributed by atoms with E-state index < -0.39 is 17.6 Å². The smallest absolute Gasteiger partial charge is 0.325 e. The molecule has 4 fully saturated rings. The van der Waals surface area contributed by atoms with Gasteiger partial charge in [0, 0.05) is 19.6 Å². The molecule has 8 nitrogen and oxygen atoms in total. The molecule has 3 aliphatic heterocycles. The van der Waals surface area contributed by atoms with Crippen LogP contribution in [0.3, 0.4) is 0 Å². The molecule has 3 heterocycles. The van der Waals surface area contributed by atoms with Crippen molar-refractivity contribution in [3.63, 3.8) is 0 Å². The first-order chi connectivity index (χ1) is 13.9. The van der Waals surface area contributed by atoms with Crippen LogP contribution in [0, 0.1) is 5.92 Å². The van der Waals surface area contributed by atoms with Gasteiger partial charge in [-0.2, -0.15) is 0 Å². The Bertz CT molecular complexity index is 705. The fourth-order valence-electron chi connectivity index (χ4n) is 5.50. The highest BCUT2D eigenvalue weighted by Crippen LogP contribution is 2.38. The van der Waals surface area contributed by atoms with E-state index in [4.69, 9.17) is 0 Å². The van der Waals surface area contributed by atoms with Crippen molar-refractivity contribution in [1.82, 2.24) is 20.0 Å². The Morgan fingerprint density at radius 2 is 1.69 bits per heavy atom. The van der Waals surface area contributed by atoms with E-state index in [1.54, 1.807) is 4.90 Å². The summed E-state index contributed by atoms with van der Waals surface area (Å²) in [4.78, 5) is 56.3. The molecular formula is C21H32N4O4. The number of nitrogens with one attached hydrogen (secondary N) is 1. The minimum absolute atomic E-state index is 0.0186. The van der Waals surface area contributed by atoms with Crippen molar-refractivity contribution < 1.29 is 19.2 Å². The molecule has 160 valence electrons. The lowest BCUT2D eigenvalue weighted by Gasteiger charge is -2.38. The minimum atomic E-state index is -0.859. The van der Waals surface area contributed by atoms with Crippen molar-refractivity contribution in [2.45, 2.75) is 76.3 Å². The zero-order chi connectivity index (χ0) is 20.6. The zero-order valence-electron chi connectivity index (χ0n) is 17.3. The van der Waals surface area contributed by atoms with Gasteiger partial charge < -0.3 is 15.1 Å². The SMILES string of the molecule is CC1CCCCC12NC(=O)N(CC(=O)N1CCCCC1C(=O)N1CCCC1)C2=O. The topological polar surface area (TPSA) is 90.0 Å². The predicted molar refractivity (Wildman–Crippen MR) is 106 cm³/mol. The number of hydrogen-bond donors (Lipinski definition) is 1. The number of amides is 5. The van der Waals surface area contributed by atoms with Crippen LogP contribution >= 0.6 is 0 Å². The molecular weight excluding hydrogens is 372 g/mol. The highest BCUT2D eigenvalue weighted by Gasteiger charge is 2.55. The van der Waals surface area contributed by atoms with Crippen LogP contribution in [0.4, 0.5) is 4.79 Å². The molecule has 1 saturated carbocycles. The summed E-state index contributed by atoms with van der Waals surface area (Å²) in [6.45, 7) is 3.74. The molecule has 4 aliphatic rings. The van der Waals surface area contributed by atoms with E-state index in [9.17, 15) is 19.2 Å². The summed E-state index contributed by atoms with van der Waals surface area (Å²) >= 11 is 0. The Morgan fingerprint density at radius 3 is 2.41 bits per heavy atom. The first-order valence-electron chi connectivity index (χ1n) is 11.2. The first kappa shape index (κ1) is 20.2. The number of hydrogen-bond acceptors (Lipinski definition) is 4.